The average Bonchev–Trinajstić information content (AvgIpc) is 2.41. The first kappa shape index (κ1) is 15.1. The number of nitrogens with one attached hydrogen (secondary N) is 1. The Labute approximate surface area is 123 Å². The zero-order valence-electron chi connectivity index (χ0n) is 11.5. The van der Waals surface area contributed by atoms with Crippen LogP contribution in [-0.2, 0) is 21.4 Å². The van der Waals surface area contributed by atoms with Gasteiger partial charge in [0.05, 0.1) is 4.90 Å². The van der Waals surface area contributed by atoms with Gasteiger partial charge in [-0.3, -0.25) is 4.79 Å². The third kappa shape index (κ3) is 4.37. The minimum atomic E-state index is -3.78. The van der Waals surface area contributed by atoms with Gasteiger partial charge in [0.15, 0.2) is 12.4 Å². The molecule has 1 aromatic carbocycles. The number of aromatic nitrogens is 1. The Kier molecular flexibility index (Phi) is 4.35. The van der Waals surface area contributed by atoms with Crippen LogP contribution in [0, 0.1) is 6.92 Å². The second-order valence-corrected chi connectivity index (χ2v) is 6.23. The highest BCUT2D eigenvalue weighted by Gasteiger charge is 2.12. The van der Waals surface area contributed by atoms with Crippen LogP contribution in [0.1, 0.15) is 5.56 Å². The molecular formula is C14H16N3O3S+. The zero-order chi connectivity index (χ0) is 15.5. The molecule has 0 fully saturated rings. The van der Waals surface area contributed by atoms with Crippen molar-refractivity contribution in [3.63, 3.8) is 0 Å². The van der Waals surface area contributed by atoms with E-state index in [4.69, 9.17) is 5.14 Å². The molecule has 21 heavy (non-hydrogen) atoms. The van der Waals surface area contributed by atoms with E-state index in [-0.39, 0.29) is 17.3 Å². The van der Waals surface area contributed by atoms with Crippen molar-refractivity contribution >= 4 is 21.6 Å². The number of hydrogen-bond donors (Lipinski definition) is 2. The molecule has 0 aliphatic heterocycles. The molecule has 6 nitrogen and oxygen atoms in total. The molecule has 110 valence electrons. The van der Waals surface area contributed by atoms with Crippen molar-refractivity contribution in [2.75, 3.05) is 5.32 Å². The molecule has 0 spiro atoms. The number of amides is 1. The van der Waals surface area contributed by atoms with E-state index in [1.807, 2.05) is 19.1 Å². The number of anilines is 1. The summed E-state index contributed by atoms with van der Waals surface area (Å²) in [5.41, 5.74) is 1.49. The number of nitrogens with two attached hydrogens (primary N) is 1. The molecule has 0 radical (unpaired) electrons. The van der Waals surface area contributed by atoms with Crippen LogP contribution in [0.3, 0.4) is 0 Å². The number of benzene rings is 1. The third-order valence-electron chi connectivity index (χ3n) is 2.83. The second-order valence-electron chi connectivity index (χ2n) is 4.67. The lowest BCUT2D eigenvalue weighted by Crippen LogP contribution is -2.39. The molecule has 0 unspecified atom stereocenters. The molecular weight excluding hydrogens is 290 g/mol. The molecule has 1 heterocycles. The van der Waals surface area contributed by atoms with Crippen molar-refractivity contribution in [3.05, 3.63) is 54.4 Å². The quantitative estimate of drug-likeness (QED) is 0.809. The SMILES string of the molecule is Cc1cc[n+](CC(=O)Nc2cccc(S(N)(=O)=O)c2)cc1. The van der Waals surface area contributed by atoms with Gasteiger partial charge < -0.3 is 5.32 Å². The Bertz CT molecular complexity index is 755. The van der Waals surface area contributed by atoms with E-state index in [2.05, 4.69) is 5.32 Å². The first-order valence-electron chi connectivity index (χ1n) is 6.23. The van der Waals surface area contributed by atoms with Gasteiger partial charge in [-0.05, 0) is 30.7 Å². The van der Waals surface area contributed by atoms with Crippen LogP contribution in [0.15, 0.2) is 53.7 Å². The van der Waals surface area contributed by atoms with Crippen molar-refractivity contribution in [3.8, 4) is 0 Å². The van der Waals surface area contributed by atoms with Gasteiger partial charge in [0, 0.05) is 17.8 Å². The van der Waals surface area contributed by atoms with Crippen LogP contribution in [-0.4, -0.2) is 14.3 Å². The van der Waals surface area contributed by atoms with Gasteiger partial charge in [0.1, 0.15) is 0 Å². The molecule has 0 saturated heterocycles. The maximum atomic E-state index is 11.9. The van der Waals surface area contributed by atoms with E-state index in [1.54, 1.807) is 23.0 Å². The van der Waals surface area contributed by atoms with Crippen LogP contribution >= 0.6 is 0 Å². The van der Waals surface area contributed by atoms with E-state index in [9.17, 15) is 13.2 Å². The highest BCUT2D eigenvalue weighted by Crippen LogP contribution is 2.13. The van der Waals surface area contributed by atoms with Crippen LogP contribution in [0.2, 0.25) is 0 Å². The van der Waals surface area contributed by atoms with Gasteiger partial charge in [0.25, 0.3) is 5.91 Å². The molecule has 3 N–H and O–H groups in total. The zero-order valence-corrected chi connectivity index (χ0v) is 12.3. The van der Waals surface area contributed by atoms with Crippen molar-refractivity contribution in [1.82, 2.24) is 0 Å². The van der Waals surface area contributed by atoms with Gasteiger partial charge in [-0.15, -0.1) is 0 Å². The van der Waals surface area contributed by atoms with Crippen molar-refractivity contribution in [2.45, 2.75) is 18.4 Å². The number of aryl methyl sites for hydroxylation is 1. The Hall–Kier alpha value is -2.25. The molecule has 7 heteroatoms. The van der Waals surface area contributed by atoms with Crippen LogP contribution in [0.5, 0.6) is 0 Å². The smallest absolute Gasteiger partial charge is 0.290 e. The van der Waals surface area contributed by atoms with E-state index >= 15 is 0 Å². The van der Waals surface area contributed by atoms with E-state index in [1.165, 1.54) is 18.2 Å². The lowest BCUT2D eigenvalue weighted by atomic mass is 10.3. The van der Waals surface area contributed by atoms with Gasteiger partial charge in [-0.1, -0.05) is 6.07 Å². The summed E-state index contributed by atoms with van der Waals surface area (Å²) in [6, 6.07) is 9.62. The molecule has 0 aliphatic carbocycles. The Morgan fingerprint density at radius 1 is 1.24 bits per heavy atom. The number of nitrogens with zero attached hydrogens (tertiary/aromatic N) is 1. The normalized spacial score (nSPS) is 11.1. The Balaban J connectivity index is 2.08. The lowest BCUT2D eigenvalue weighted by Gasteiger charge is -2.05. The monoisotopic (exact) mass is 306 g/mol. The number of pyridine rings is 1. The average molecular weight is 306 g/mol. The fourth-order valence-corrected chi connectivity index (χ4v) is 2.31. The summed E-state index contributed by atoms with van der Waals surface area (Å²) in [6.07, 6.45) is 3.60. The summed E-state index contributed by atoms with van der Waals surface area (Å²) in [7, 11) is -3.78. The maximum absolute atomic E-state index is 11.9. The molecule has 0 atom stereocenters. The predicted octanol–water partition coefficient (Wildman–Crippen LogP) is 0.569. The van der Waals surface area contributed by atoms with Gasteiger partial charge >= 0.3 is 0 Å². The van der Waals surface area contributed by atoms with Gasteiger partial charge in [-0.25, -0.2) is 13.6 Å². The van der Waals surface area contributed by atoms with Crippen molar-refractivity contribution in [2.24, 2.45) is 5.14 Å². The largest absolute Gasteiger partial charge is 0.321 e. The minimum Gasteiger partial charge on any atom is -0.321 e. The van der Waals surface area contributed by atoms with Crippen LogP contribution in [0.4, 0.5) is 5.69 Å². The fourth-order valence-electron chi connectivity index (χ4n) is 1.75. The summed E-state index contributed by atoms with van der Waals surface area (Å²) in [4.78, 5) is 11.9. The number of primary sulfonamides is 1. The highest BCUT2D eigenvalue weighted by atomic mass is 32.2. The molecule has 0 aliphatic rings. The van der Waals surface area contributed by atoms with E-state index < -0.39 is 10.0 Å². The molecule has 2 rings (SSSR count). The number of rotatable bonds is 4. The van der Waals surface area contributed by atoms with Gasteiger partial charge in [0.2, 0.25) is 16.6 Å². The minimum absolute atomic E-state index is 0.0386. The summed E-state index contributed by atoms with van der Waals surface area (Å²) >= 11 is 0. The molecule has 2 aromatic rings. The second kappa shape index (κ2) is 6.02. The third-order valence-corrected chi connectivity index (χ3v) is 3.74. The standard InChI is InChI=1S/C14H15N3O3S/c1-11-5-7-17(8-6-11)10-14(18)16-12-3-2-4-13(9-12)21(15,19)20/h2-9H,10H2,1H3,(H2-,15,16,18,19,20)/p+1. The lowest BCUT2D eigenvalue weighted by molar-refractivity contribution is -0.684. The first-order valence-corrected chi connectivity index (χ1v) is 7.78. The number of carbonyl (C=O) groups excluding carboxylic acids is 1. The summed E-state index contributed by atoms with van der Waals surface area (Å²) in [5.74, 6) is -0.254. The number of sulfonamides is 1. The fraction of sp³-hybridized carbons (Fsp3) is 0.143. The highest BCUT2D eigenvalue weighted by molar-refractivity contribution is 7.89. The first-order chi connectivity index (χ1) is 9.84. The molecule has 0 bridgehead atoms. The summed E-state index contributed by atoms with van der Waals surface area (Å²) < 4.78 is 24.2. The van der Waals surface area contributed by atoms with E-state index in [0.29, 0.717) is 5.69 Å². The van der Waals surface area contributed by atoms with Crippen LogP contribution < -0.4 is 15.0 Å². The van der Waals surface area contributed by atoms with Crippen molar-refractivity contribution in [1.29, 1.82) is 0 Å². The predicted molar refractivity (Wildman–Crippen MR) is 77.8 cm³/mol. The van der Waals surface area contributed by atoms with Crippen molar-refractivity contribution < 1.29 is 17.8 Å². The Morgan fingerprint density at radius 3 is 2.52 bits per heavy atom. The molecule has 0 saturated carbocycles. The van der Waals surface area contributed by atoms with E-state index in [0.717, 1.165) is 5.56 Å². The molecule has 1 amide bonds. The number of carbonyl (C=O) groups is 1. The molecule has 1 aromatic heterocycles. The maximum Gasteiger partial charge on any atom is 0.290 e. The summed E-state index contributed by atoms with van der Waals surface area (Å²) in [6.45, 7) is 2.10. The van der Waals surface area contributed by atoms with Crippen LogP contribution in [0.25, 0.3) is 0 Å². The Morgan fingerprint density at radius 2 is 1.90 bits per heavy atom. The summed E-state index contributed by atoms with van der Waals surface area (Å²) in [5, 5.41) is 7.69. The van der Waals surface area contributed by atoms with Gasteiger partial charge in [-0.2, -0.15) is 4.57 Å². The number of hydrogen-bond acceptors (Lipinski definition) is 3. The topological polar surface area (TPSA) is 93.1 Å².